The lowest BCUT2D eigenvalue weighted by molar-refractivity contribution is -0.116. The van der Waals surface area contributed by atoms with Crippen LogP contribution in [-0.4, -0.2) is 16.0 Å². The Kier molecular flexibility index (Phi) is 4.54. The summed E-state index contributed by atoms with van der Waals surface area (Å²) >= 11 is 0. The fourth-order valence-corrected chi connectivity index (χ4v) is 3.99. The summed E-state index contributed by atoms with van der Waals surface area (Å²) in [6.45, 7) is 1.70. The molecule has 1 aliphatic rings. The molecule has 150 valence electrons. The van der Waals surface area contributed by atoms with Crippen molar-refractivity contribution in [3.8, 4) is 11.4 Å². The Hall–Kier alpha value is -3.54. The molecule has 1 aromatic heterocycles. The maximum atomic E-state index is 13.8. The molecule has 0 saturated heterocycles. The van der Waals surface area contributed by atoms with E-state index in [1.807, 2.05) is 18.2 Å². The van der Waals surface area contributed by atoms with Crippen LogP contribution in [0.1, 0.15) is 29.0 Å². The number of hydrogen-bond acceptors (Lipinski definition) is 4. The first-order valence-corrected chi connectivity index (χ1v) is 10.0. The van der Waals surface area contributed by atoms with Crippen LogP contribution in [0.4, 0.5) is 10.1 Å². The summed E-state index contributed by atoms with van der Waals surface area (Å²) < 4.78 is 19.0. The van der Waals surface area contributed by atoms with Crippen molar-refractivity contribution in [3.63, 3.8) is 0 Å². The van der Waals surface area contributed by atoms with Gasteiger partial charge in [-0.15, -0.1) is 0 Å². The van der Waals surface area contributed by atoms with Crippen LogP contribution in [0.15, 0.2) is 53.1 Å². The average molecular weight is 401 g/mol. The molecule has 1 amide bonds. The second-order valence-corrected chi connectivity index (χ2v) is 7.64. The molecule has 0 bridgehead atoms. The standard InChI is InChI=1S/C24H20FN3O2/c1-14-5-6-17(13-19(14)25)24-27-22(30-28-24)12-11-21(29)26-20-10-9-16-8-7-15-3-2-4-18(20)23(15)16/h2-6,9-10,13H,7-8,11-12H2,1H3,(H,26,29). The maximum absolute atomic E-state index is 13.8. The summed E-state index contributed by atoms with van der Waals surface area (Å²) in [5, 5.41) is 9.26. The van der Waals surface area contributed by atoms with Crippen molar-refractivity contribution in [1.82, 2.24) is 10.1 Å². The van der Waals surface area contributed by atoms with E-state index < -0.39 is 0 Å². The van der Waals surface area contributed by atoms with Crippen molar-refractivity contribution in [3.05, 3.63) is 76.9 Å². The Labute approximate surface area is 172 Å². The zero-order valence-corrected chi connectivity index (χ0v) is 16.5. The first-order valence-electron chi connectivity index (χ1n) is 10.0. The molecule has 0 spiro atoms. The molecule has 1 N–H and O–H groups in total. The van der Waals surface area contributed by atoms with Crippen molar-refractivity contribution in [2.75, 3.05) is 5.32 Å². The number of carbonyl (C=O) groups is 1. The third kappa shape index (κ3) is 3.34. The van der Waals surface area contributed by atoms with E-state index in [2.05, 4.69) is 27.6 Å². The minimum Gasteiger partial charge on any atom is -0.339 e. The number of hydrogen-bond donors (Lipinski definition) is 1. The molecule has 0 radical (unpaired) electrons. The third-order valence-corrected chi connectivity index (χ3v) is 5.62. The van der Waals surface area contributed by atoms with Gasteiger partial charge in [0.2, 0.25) is 17.6 Å². The summed E-state index contributed by atoms with van der Waals surface area (Å²) in [4.78, 5) is 16.8. The van der Waals surface area contributed by atoms with Gasteiger partial charge in [0.05, 0.1) is 0 Å². The molecule has 0 saturated carbocycles. The topological polar surface area (TPSA) is 68.0 Å². The van der Waals surface area contributed by atoms with Crippen LogP contribution in [0.25, 0.3) is 22.2 Å². The number of anilines is 1. The van der Waals surface area contributed by atoms with Gasteiger partial charge < -0.3 is 9.84 Å². The fourth-order valence-electron chi connectivity index (χ4n) is 3.99. The summed E-state index contributed by atoms with van der Waals surface area (Å²) in [5.74, 6) is 0.233. The molecule has 4 aromatic rings. The van der Waals surface area contributed by atoms with Gasteiger partial charge in [-0.2, -0.15) is 4.98 Å². The molecule has 5 nitrogen and oxygen atoms in total. The lowest BCUT2D eigenvalue weighted by atomic mass is 10.0. The number of aryl methyl sites for hydroxylation is 4. The van der Waals surface area contributed by atoms with E-state index in [4.69, 9.17) is 4.52 Å². The maximum Gasteiger partial charge on any atom is 0.227 e. The number of benzene rings is 3. The summed E-state index contributed by atoms with van der Waals surface area (Å²) in [6.07, 6.45) is 2.63. The molecule has 0 unspecified atom stereocenters. The van der Waals surface area contributed by atoms with Gasteiger partial charge in [-0.3, -0.25) is 4.79 Å². The highest BCUT2D eigenvalue weighted by molar-refractivity contribution is 6.05. The monoisotopic (exact) mass is 401 g/mol. The molecule has 3 aromatic carbocycles. The average Bonchev–Trinajstić information content (AvgIpc) is 3.39. The fraction of sp³-hybridized carbons (Fsp3) is 0.208. The summed E-state index contributed by atoms with van der Waals surface area (Å²) in [7, 11) is 0. The van der Waals surface area contributed by atoms with Crippen LogP contribution in [0.5, 0.6) is 0 Å². The lowest BCUT2D eigenvalue weighted by Crippen LogP contribution is -2.12. The molecule has 0 aliphatic heterocycles. The van der Waals surface area contributed by atoms with Gasteiger partial charge in [-0.25, -0.2) is 4.39 Å². The van der Waals surface area contributed by atoms with Crippen LogP contribution in [0.3, 0.4) is 0 Å². The Morgan fingerprint density at radius 2 is 1.97 bits per heavy atom. The SMILES string of the molecule is Cc1ccc(-c2noc(CCC(=O)Nc3ccc4c5c(cccc35)CC4)n2)cc1F. The Morgan fingerprint density at radius 3 is 2.80 bits per heavy atom. The molecule has 1 aliphatic carbocycles. The van der Waals surface area contributed by atoms with Crippen LogP contribution < -0.4 is 5.32 Å². The van der Waals surface area contributed by atoms with Crippen molar-refractivity contribution < 1.29 is 13.7 Å². The van der Waals surface area contributed by atoms with Gasteiger partial charge in [0.15, 0.2) is 0 Å². The highest BCUT2D eigenvalue weighted by Crippen LogP contribution is 2.35. The third-order valence-electron chi connectivity index (χ3n) is 5.62. The molecule has 0 atom stereocenters. The first kappa shape index (κ1) is 18.5. The van der Waals surface area contributed by atoms with Crippen LogP contribution >= 0.6 is 0 Å². The predicted octanol–water partition coefficient (Wildman–Crippen LogP) is 5.01. The zero-order chi connectivity index (χ0) is 20.7. The van der Waals surface area contributed by atoms with Crippen LogP contribution in [0.2, 0.25) is 0 Å². The van der Waals surface area contributed by atoms with E-state index in [-0.39, 0.29) is 18.1 Å². The largest absolute Gasteiger partial charge is 0.339 e. The number of rotatable bonds is 5. The van der Waals surface area contributed by atoms with Gasteiger partial charge in [0.25, 0.3) is 0 Å². The molecule has 1 heterocycles. The molecular formula is C24H20FN3O2. The van der Waals surface area contributed by atoms with Crippen LogP contribution in [-0.2, 0) is 24.1 Å². The van der Waals surface area contributed by atoms with Crippen molar-refractivity contribution in [2.24, 2.45) is 0 Å². The van der Waals surface area contributed by atoms with Crippen molar-refractivity contribution in [1.29, 1.82) is 0 Å². The van der Waals surface area contributed by atoms with Crippen molar-refractivity contribution >= 4 is 22.4 Å². The van der Waals surface area contributed by atoms with E-state index >= 15 is 0 Å². The normalized spacial score (nSPS) is 12.5. The Morgan fingerprint density at radius 1 is 1.13 bits per heavy atom. The van der Waals surface area contributed by atoms with E-state index in [0.29, 0.717) is 29.3 Å². The second kappa shape index (κ2) is 7.37. The number of nitrogens with zero attached hydrogens (tertiary/aromatic N) is 2. The van der Waals surface area contributed by atoms with Gasteiger partial charge in [-0.05, 0) is 54.0 Å². The lowest BCUT2D eigenvalue weighted by Gasteiger charge is -2.10. The predicted molar refractivity (Wildman–Crippen MR) is 113 cm³/mol. The van der Waals surface area contributed by atoms with Crippen molar-refractivity contribution in [2.45, 2.75) is 32.6 Å². The zero-order valence-electron chi connectivity index (χ0n) is 16.5. The van der Waals surface area contributed by atoms with E-state index in [1.165, 1.54) is 22.6 Å². The summed E-state index contributed by atoms with van der Waals surface area (Å²) in [5.41, 5.74) is 4.60. The van der Waals surface area contributed by atoms with Gasteiger partial charge in [0, 0.05) is 29.5 Å². The van der Waals surface area contributed by atoms with Gasteiger partial charge in [-0.1, -0.05) is 41.6 Å². The quantitative estimate of drug-likeness (QED) is 0.511. The minimum absolute atomic E-state index is 0.116. The number of nitrogens with one attached hydrogen (secondary N) is 1. The second-order valence-electron chi connectivity index (χ2n) is 7.64. The van der Waals surface area contributed by atoms with Gasteiger partial charge in [0.1, 0.15) is 5.82 Å². The number of carbonyl (C=O) groups excluding carboxylic acids is 1. The summed E-state index contributed by atoms with van der Waals surface area (Å²) in [6, 6.07) is 15.1. The molecule has 30 heavy (non-hydrogen) atoms. The minimum atomic E-state index is -0.316. The Balaban J connectivity index is 1.27. The number of halogens is 1. The number of aromatic nitrogens is 2. The van der Waals surface area contributed by atoms with E-state index in [9.17, 15) is 9.18 Å². The highest BCUT2D eigenvalue weighted by Gasteiger charge is 2.17. The van der Waals surface area contributed by atoms with Gasteiger partial charge >= 0.3 is 0 Å². The molecule has 6 heteroatoms. The van der Waals surface area contributed by atoms with E-state index in [0.717, 1.165) is 23.9 Å². The number of amides is 1. The smallest absolute Gasteiger partial charge is 0.227 e. The molecular weight excluding hydrogens is 381 g/mol. The first-order chi connectivity index (χ1) is 14.6. The molecule has 5 rings (SSSR count). The van der Waals surface area contributed by atoms with Crippen LogP contribution in [0, 0.1) is 12.7 Å². The Bertz CT molecular complexity index is 1270. The molecule has 0 fully saturated rings. The highest BCUT2D eigenvalue weighted by atomic mass is 19.1. The van der Waals surface area contributed by atoms with E-state index in [1.54, 1.807) is 19.1 Å².